The number of rotatable bonds is 6. The number of thiazole rings is 1. The number of thioether (sulfide) groups is 1. The van der Waals surface area contributed by atoms with Crippen LogP contribution in [0.25, 0.3) is 10.2 Å². The maximum Gasteiger partial charge on any atom is 0.253 e. The lowest BCUT2D eigenvalue weighted by Crippen LogP contribution is -2.39. The highest BCUT2D eigenvalue weighted by Crippen LogP contribution is 2.35. The number of anilines is 2. The minimum absolute atomic E-state index is 0.0146. The molecular formula is C24H19N3O3S2. The lowest BCUT2D eigenvalue weighted by Gasteiger charge is -2.23. The summed E-state index contributed by atoms with van der Waals surface area (Å²) < 4.78 is 6.87. The average molecular weight is 462 g/mol. The van der Waals surface area contributed by atoms with Gasteiger partial charge in [0.05, 0.1) is 27.5 Å². The predicted molar refractivity (Wildman–Crippen MR) is 129 cm³/mol. The Morgan fingerprint density at radius 2 is 1.69 bits per heavy atom. The van der Waals surface area contributed by atoms with Gasteiger partial charge in [-0.25, -0.2) is 4.98 Å². The van der Waals surface area contributed by atoms with Gasteiger partial charge in [-0.2, -0.15) is 0 Å². The van der Waals surface area contributed by atoms with Crippen LogP contribution in [0.15, 0.2) is 78.9 Å². The van der Waals surface area contributed by atoms with Crippen LogP contribution in [0, 0.1) is 0 Å². The van der Waals surface area contributed by atoms with Crippen LogP contribution >= 0.6 is 23.1 Å². The molecule has 0 bridgehead atoms. The lowest BCUT2D eigenvalue weighted by atomic mass is 10.2. The van der Waals surface area contributed by atoms with Crippen LogP contribution < -0.4 is 9.64 Å². The second kappa shape index (κ2) is 9.02. The summed E-state index contributed by atoms with van der Waals surface area (Å²) in [6.45, 7) is 0.0179. The molecule has 32 heavy (non-hydrogen) atoms. The van der Waals surface area contributed by atoms with Gasteiger partial charge in [0, 0.05) is 0 Å². The summed E-state index contributed by atoms with van der Waals surface area (Å²) >= 11 is 2.97. The Labute approximate surface area is 193 Å². The van der Waals surface area contributed by atoms with Crippen molar-refractivity contribution in [2.24, 2.45) is 0 Å². The number of nitrogens with zero attached hydrogens (tertiary/aromatic N) is 3. The van der Waals surface area contributed by atoms with E-state index in [2.05, 4.69) is 4.98 Å². The van der Waals surface area contributed by atoms with Gasteiger partial charge in [-0.05, 0) is 48.5 Å². The predicted octanol–water partition coefficient (Wildman–Crippen LogP) is 5.29. The smallest absolute Gasteiger partial charge is 0.253 e. The van der Waals surface area contributed by atoms with Crippen molar-refractivity contribution in [1.82, 2.24) is 9.88 Å². The highest BCUT2D eigenvalue weighted by molar-refractivity contribution is 8.00. The molecule has 0 atom stereocenters. The molecule has 8 heteroatoms. The molecule has 0 spiro atoms. The van der Waals surface area contributed by atoms with Crippen molar-refractivity contribution >= 4 is 55.9 Å². The van der Waals surface area contributed by atoms with E-state index in [0.717, 1.165) is 16.0 Å². The SMILES string of the molecule is O=C1CSCN1CC(=O)N(c1ccc(Oc2ccccc2)cc1)c1nc2ccccc2s1. The molecule has 0 unspecified atom stereocenters. The molecular weight excluding hydrogens is 442 g/mol. The molecule has 1 saturated heterocycles. The van der Waals surface area contributed by atoms with Crippen molar-refractivity contribution in [3.05, 3.63) is 78.9 Å². The van der Waals surface area contributed by atoms with Crippen molar-refractivity contribution in [2.45, 2.75) is 0 Å². The first kappa shape index (κ1) is 20.5. The number of benzene rings is 3. The zero-order valence-electron chi connectivity index (χ0n) is 17.0. The monoisotopic (exact) mass is 461 g/mol. The molecule has 0 radical (unpaired) electrons. The molecule has 1 aliphatic heterocycles. The van der Waals surface area contributed by atoms with Crippen LogP contribution in [0.2, 0.25) is 0 Å². The Kier molecular flexibility index (Phi) is 5.79. The van der Waals surface area contributed by atoms with Crippen LogP contribution in [0.4, 0.5) is 10.8 Å². The molecule has 160 valence electrons. The molecule has 1 aliphatic rings. The number of carbonyl (C=O) groups is 2. The van der Waals surface area contributed by atoms with Gasteiger partial charge >= 0.3 is 0 Å². The number of ether oxygens (including phenoxy) is 1. The number of aromatic nitrogens is 1. The minimum atomic E-state index is -0.198. The highest BCUT2D eigenvalue weighted by Gasteiger charge is 2.28. The van der Waals surface area contributed by atoms with E-state index in [-0.39, 0.29) is 18.4 Å². The molecule has 3 aromatic carbocycles. The zero-order valence-corrected chi connectivity index (χ0v) is 18.6. The molecule has 5 rings (SSSR count). The molecule has 4 aromatic rings. The first-order valence-electron chi connectivity index (χ1n) is 10.0. The topological polar surface area (TPSA) is 62.7 Å². The van der Waals surface area contributed by atoms with Gasteiger partial charge < -0.3 is 9.64 Å². The van der Waals surface area contributed by atoms with Crippen LogP contribution in [0.5, 0.6) is 11.5 Å². The van der Waals surface area contributed by atoms with Crippen LogP contribution in [0.1, 0.15) is 0 Å². The van der Waals surface area contributed by atoms with E-state index >= 15 is 0 Å². The van der Waals surface area contributed by atoms with Crippen molar-refractivity contribution in [3.63, 3.8) is 0 Å². The number of hydrogen-bond donors (Lipinski definition) is 0. The van der Waals surface area contributed by atoms with Crippen molar-refractivity contribution in [2.75, 3.05) is 23.1 Å². The summed E-state index contributed by atoms with van der Waals surface area (Å²) in [5.74, 6) is 2.14. The second-order valence-electron chi connectivity index (χ2n) is 7.17. The van der Waals surface area contributed by atoms with Gasteiger partial charge in [-0.1, -0.05) is 41.7 Å². The van der Waals surface area contributed by atoms with Gasteiger partial charge in [0.2, 0.25) is 5.91 Å². The van der Waals surface area contributed by atoms with E-state index in [1.807, 2.05) is 78.9 Å². The highest BCUT2D eigenvalue weighted by atomic mass is 32.2. The van der Waals surface area contributed by atoms with Gasteiger partial charge in [0.1, 0.15) is 18.0 Å². The van der Waals surface area contributed by atoms with Crippen LogP contribution in [-0.4, -0.2) is 39.9 Å². The number of para-hydroxylation sites is 2. The van der Waals surface area contributed by atoms with Gasteiger partial charge in [-0.3, -0.25) is 14.5 Å². The third-order valence-corrected chi connectivity index (χ3v) is 6.92. The number of fused-ring (bicyclic) bond motifs is 1. The molecule has 1 aromatic heterocycles. The maximum atomic E-state index is 13.4. The Morgan fingerprint density at radius 3 is 2.41 bits per heavy atom. The Bertz CT molecular complexity index is 1230. The van der Waals surface area contributed by atoms with E-state index in [1.165, 1.54) is 23.1 Å². The summed E-state index contributed by atoms with van der Waals surface area (Å²) in [6.07, 6.45) is 0. The van der Waals surface area contributed by atoms with Crippen molar-refractivity contribution < 1.29 is 14.3 Å². The Balaban J connectivity index is 1.46. The van der Waals surface area contributed by atoms with E-state index in [4.69, 9.17) is 4.74 Å². The zero-order chi connectivity index (χ0) is 21.9. The number of amides is 2. The summed E-state index contributed by atoms with van der Waals surface area (Å²) in [5, 5.41) is 0.576. The lowest BCUT2D eigenvalue weighted by molar-refractivity contribution is -0.131. The summed E-state index contributed by atoms with van der Waals surface area (Å²) in [4.78, 5) is 33.3. The van der Waals surface area contributed by atoms with Crippen molar-refractivity contribution in [1.29, 1.82) is 0 Å². The minimum Gasteiger partial charge on any atom is -0.457 e. The van der Waals surface area contributed by atoms with E-state index < -0.39 is 0 Å². The molecule has 0 aliphatic carbocycles. The standard InChI is InChI=1S/C24H19N3O3S2/c28-22(14-26-16-31-15-23(26)29)27(24-25-20-8-4-5-9-21(20)32-24)17-10-12-19(13-11-17)30-18-6-2-1-3-7-18/h1-13H,14-16H2. The number of hydrogen-bond acceptors (Lipinski definition) is 6. The fourth-order valence-corrected chi connectivity index (χ4v) is 5.29. The first-order chi connectivity index (χ1) is 15.7. The summed E-state index contributed by atoms with van der Waals surface area (Å²) in [5.41, 5.74) is 1.51. The molecule has 2 amide bonds. The summed E-state index contributed by atoms with van der Waals surface area (Å²) in [7, 11) is 0. The Morgan fingerprint density at radius 1 is 0.969 bits per heavy atom. The third kappa shape index (κ3) is 4.32. The van der Waals surface area contributed by atoms with Gasteiger partial charge in [-0.15, -0.1) is 11.8 Å². The fraction of sp³-hybridized carbons (Fsp3) is 0.125. The van der Waals surface area contributed by atoms with E-state index in [9.17, 15) is 9.59 Å². The Hall–Kier alpha value is -3.36. The normalized spacial score (nSPS) is 13.5. The molecule has 0 saturated carbocycles. The fourth-order valence-electron chi connectivity index (χ4n) is 3.38. The average Bonchev–Trinajstić information content (AvgIpc) is 3.41. The van der Waals surface area contributed by atoms with Crippen LogP contribution in [0.3, 0.4) is 0 Å². The van der Waals surface area contributed by atoms with Crippen LogP contribution in [-0.2, 0) is 9.59 Å². The van der Waals surface area contributed by atoms with E-state index in [1.54, 1.807) is 9.80 Å². The maximum absolute atomic E-state index is 13.4. The molecule has 1 fully saturated rings. The second-order valence-corrected chi connectivity index (χ2v) is 9.14. The number of carbonyl (C=O) groups excluding carboxylic acids is 2. The molecule has 6 nitrogen and oxygen atoms in total. The molecule has 0 N–H and O–H groups in total. The molecule has 2 heterocycles. The van der Waals surface area contributed by atoms with E-state index in [0.29, 0.717) is 28.2 Å². The quantitative estimate of drug-likeness (QED) is 0.391. The van der Waals surface area contributed by atoms with Gasteiger partial charge in [0.25, 0.3) is 5.91 Å². The van der Waals surface area contributed by atoms with Crippen molar-refractivity contribution in [3.8, 4) is 11.5 Å². The third-order valence-electron chi connectivity index (χ3n) is 4.95. The largest absolute Gasteiger partial charge is 0.457 e. The van der Waals surface area contributed by atoms with Gasteiger partial charge in [0.15, 0.2) is 5.13 Å². The summed E-state index contributed by atoms with van der Waals surface area (Å²) in [6, 6.07) is 24.6. The first-order valence-corrected chi connectivity index (χ1v) is 12.0.